The predicted molar refractivity (Wildman–Crippen MR) is 96.6 cm³/mol. The van der Waals surface area contributed by atoms with Gasteiger partial charge in [0.05, 0.1) is 31.8 Å². The Morgan fingerprint density at radius 1 is 1.19 bits per heavy atom. The van der Waals surface area contributed by atoms with Gasteiger partial charge >= 0.3 is 0 Å². The van der Waals surface area contributed by atoms with Crippen LogP contribution < -0.4 is 9.47 Å². The molecular formula is C18H25NO6S. The summed E-state index contributed by atoms with van der Waals surface area (Å²) in [5.41, 5.74) is 0.420. The Hall–Kier alpha value is -1.80. The lowest BCUT2D eigenvalue weighted by Crippen LogP contribution is -2.45. The van der Waals surface area contributed by atoms with Crippen molar-refractivity contribution >= 4 is 15.7 Å². The van der Waals surface area contributed by atoms with E-state index in [1.54, 1.807) is 23.1 Å². The zero-order valence-corrected chi connectivity index (χ0v) is 16.0. The molecule has 1 amide bonds. The topological polar surface area (TPSA) is 82.1 Å². The molecule has 0 aliphatic carbocycles. The minimum Gasteiger partial charge on any atom is -0.497 e. The summed E-state index contributed by atoms with van der Waals surface area (Å²) in [6.45, 7) is 1.08. The third-order valence-electron chi connectivity index (χ3n) is 4.93. The van der Waals surface area contributed by atoms with Crippen LogP contribution in [0.2, 0.25) is 0 Å². The van der Waals surface area contributed by atoms with E-state index < -0.39 is 9.84 Å². The quantitative estimate of drug-likeness (QED) is 0.741. The maximum absolute atomic E-state index is 13.2. The molecule has 0 saturated carbocycles. The van der Waals surface area contributed by atoms with E-state index in [-0.39, 0.29) is 29.6 Å². The van der Waals surface area contributed by atoms with Crippen LogP contribution >= 0.6 is 0 Å². The zero-order valence-electron chi connectivity index (χ0n) is 15.1. The molecule has 1 aromatic carbocycles. The Labute approximate surface area is 154 Å². The number of amides is 1. The van der Waals surface area contributed by atoms with Crippen molar-refractivity contribution in [3.63, 3.8) is 0 Å². The summed E-state index contributed by atoms with van der Waals surface area (Å²) in [5, 5.41) is 0. The predicted octanol–water partition coefficient (Wildman–Crippen LogP) is 1.51. The minimum atomic E-state index is -3.10. The molecule has 2 aliphatic rings. The molecule has 2 saturated heterocycles. The Morgan fingerprint density at radius 2 is 1.88 bits per heavy atom. The number of carbonyl (C=O) groups is 1. The number of rotatable bonds is 6. The molecule has 0 N–H and O–H groups in total. The number of methoxy groups -OCH3 is 2. The molecule has 0 bridgehead atoms. The summed E-state index contributed by atoms with van der Waals surface area (Å²) < 4.78 is 40.0. The van der Waals surface area contributed by atoms with Crippen molar-refractivity contribution in [1.29, 1.82) is 0 Å². The normalized spacial score (nSPS) is 24.4. The summed E-state index contributed by atoms with van der Waals surface area (Å²) in [5.74, 6) is 0.938. The van der Waals surface area contributed by atoms with Crippen molar-refractivity contribution < 1.29 is 27.4 Å². The van der Waals surface area contributed by atoms with E-state index in [1.807, 2.05) is 0 Å². The van der Waals surface area contributed by atoms with E-state index in [0.29, 0.717) is 36.6 Å². The molecule has 0 aromatic heterocycles. The lowest BCUT2D eigenvalue weighted by atomic mass is 10.1. The standard InChI is InChI=1S/C18H25NO6S/c1-23-16-8-13(9-17(10-16)24-2)18(20)19(11-15-4-3-6-25-15)14-5-7-26(21,22)12-14/h8-10,14-15H,3-7,11-12H2,1-2H3/t14-,15-/m1/s1. The van der Waals surface area contributed by atoms with E-state index >= 15 is 0 Å². The molecule has 26 heavy (non-hydrogen) atoms. The largest absolute Gasteiger partial charge is 0.497 e. The second-order valence-electron chi connectivity index (χ2n) is 6.75. The Morgan fingerprint density at radius 3 is 2.38 bits per heavy atom. The average Bonchev–Trinajstić information content (AvgIpc) is 3.27. The van der Waals surface area contributed by atoms with Gasteiger partial charge in [0.1, 0.15) is 11.5 Å². The third-order valence-corrected chi connectivity index (χ3v) is 6.68. The fraction of sp³-hybridized carbons (Fsp3) is 0.611. The number of sulfone groups is 1. The Bertz CT molecular complexity index is 735. The van der Waals surface area contributed by atoms with Gasteiger partial charge in [-0.2, -0.15) is 0 Å². The van der Waals surface area contributed by atoms with Gasteiger partial charge in [-0.15, -0.1) is 0 Å². The molecule has 0 radical (unpaired) electrons. The molecule has 3 rings (SSSR count). The fourth-order valence-electron chi connectivity index (χ4n) is 3.52. The lowest BCUT2D eigenvalue weighted by Gasteiger charge is -2.30. The van der Waals surface area contributed by atoms with Crippen LogP contribution in [0.1, 0.15) is 29.6 Å². The van der Waals surface area contributed by atoms with Gasteiger partial charge in [0.15, 0.2) is 9.84 Å². The van der Waals surface area contributed by atoms with Gasteiger partial charge in [0.2, 0.25) is 0 Å². The molecule has 2 aliphatic heterocycles. The number of hydrogen-bond acceptors (Lipinski definition) is 6. The number of ether oxygens (including phenoxy) is 3. The molecule has 144 valence electrons. The SMILES string of the molecule is COc1cc(OC)cc(C(=O)N(C[C@H]2CCCO2)[C@@H]2CCS(=O)(=O)C2)c1. The van der Waals surface area contributed by atoms with Gasteiger partial charge in [0, 0.05) is 30.8 Å². The highest BCUT2D eigenvalue weighted by Crippen LogP contribution is 2.27. The maximum Gasteiger partial charge on any atom is 0.254 e. The average molecular weight is 383 g/mol. The van der Waals surface area contributed by atoms with E-state index in [9.17, 15) is 13.2 Å². The first kappa shape index (κ1) is 19.0. The van der Waals surface area contributed by atoms with Gasteiger partial charge in [-0.3, -0.25) is 4.79 Å². The summed E-state index contributed by atoms with van der Waals surface area (Å²) in [4.78, 5) is 14.9. The summed E-state index contributed by atoms with van der Waals surface area (Å²) in [7, 11) is -0.0505. The minimum absolute atomic E-state index is 0.00651. The van der Waals surface area contributed by atoms with Gasteiger partial charge in [-0.05, 0) is 31.4 Å². The second kappa shape index (κ2) is 7.84. The van der Waals surface area contributed by atoms with Crippen molar-refractivity contribution in [2.45, 2.75) is 31.4 Å². The van der Waals surface area contributed by atoms with Gasteiger partial charge in [0.25, 0.3) is 5.91 Å². The maximum atomic E-state index is 13.2. The highest BCUT2D eigenvalue weighted by atomic mass is 32.2. The van der Waals surface area contributed by atoms with Crippen LogP contribution in [0.15, 0.2) is 18.2 Å². The summed E-state index contributed by atoms with van der Waals surface area (Å²) in [6.07, 6.45) is 2.25. The van der Waals surface area contributed by atoms with Crippen molar-refractivity contribution in [3.8, 4) is 11.5 Å². The van der Waals surface area contributed by atoms with Crippen LogP contribution in [0, 0.1) is 0 Å². The van der Waals surface area contributed by atoms with Crippen molar-refractivity contribution in [1.82, 2.24) is 4.90 Å². The van der Waals surface area contributed by atoms with E-state index in [0.717, 1.165) is 12.8 Å². The van der Waals surface area contributed by atoms with Crippen molar-refractivity contribution in [2.75, 3.05) is 38.9 Å². The smallest absolute Gasteiger partial charge is 0.254 e. The number of carbonyl (C=O) groups excluding carboxylic acids is 1. The molecule has 0 spiro atoms. The van der Waals surface area contributed by atoms with Crippen LogP contribution in [-0.4, -0.2) is 70.2 Å². The molecule has 2 fully saturated rings. The van der Waals surface area contributed by atoms with E-state index in [2.05, 4.69) is 0 Å². The molecule has 0 unspecified atom stereocenters. The van der Waals surface area contributed by atoms with Crippen LogP contribution in [0.25, 0.3) is 0 Å². The molecule has 7 nitrogen and oxygen atoms in total. The van der Waals surface area contributed by atoms with Crippen LogP contribution in [0.5, 0.6) is 11.5 Å². The van der Waals surface area contributed by atoms with Crippen LogP contribution in [-0.2, 0) is 14.6 Å². The lowest BCUT2D eigenvalue weighted by molar-refractivity contribution is 0.0441. The summed E-state index contributed by atoms with van der Waals surface area (Å²) >= 11 is 0. The highest BCUT2D eigenvalue weighted by Gasteiger charge is 2.37. The van der Waals surface area contributed by atoms with Crippen molar-refractivity contribution in [2.24, 2.45) is 0 Å². The fourth-order valence-corrected chi connectivity index (χ4v) is 5.25. The first-order valence-electron chi connectivity index (χ1n) is 8.78. The monoisotopic (exact) mass is 383 g/mol. The highest BCUT2D eigenvalue weighted by molar-refractivity contribution is 7.91. The Balaban J connectivity index is 1.88. The number of benzene rings is 1. The molecule has 2 atom stereocenters. The molecule has 1 aromatic rings. The number of nitrogens with zero attached hydrogens (tertiary/aromatic N) is 1. The molecule has 8 heteroatoms. The molecular weight excluding hydrogens is 358 g/mol. The number of hydrogen-bond donors (Lipinski definition) is 0. The molecule has 2 heterocycles. The van der Waals surface area contributed by atoms with E-state index in [4.69, 9.17) is 14.2 Å². The first-order chi connectivity index (χ1) is 12.4. The van der Waals surface area contributed by atoms with Crippen LogP contribution in [0.4, 0.5) is 0 Å². The third kappa shape index (κ3) is 4.29. The Kier molecular flexibility index (Phi) is 5.72. The first-order valence-corrected chi connectivity index (χ1v) is 10.6. The van der Waals surface area contributed by atoms with Gasteiger partial charge in [-0.25, -0.2) is 8.42 Å². The summed E-state index contributed by atoms with van der Waals surface area (Å²) in [6, 6.07) is 4.67. The second-order valence-corrected chi connectivity index (χ2v) is 8.98. The van der Waals surface area contributed by atoms with Crippen LogP contribution in [0.3, 0.4) is 0 Å². The van der Waals surface area contributed by atoms with Gasteiger partial charge in [-0.1, -0.05) is 0 Å². The van der Waals surface area contributed by atoms with Gasteiger partial charge < -0.3 is 19.1 Å². The van der Waals surface area contributed by atoms with E-state index in [1.165, 1.54) is 14.2 Å². The zero-order chi connectivity index (χ0) is 18.7. The van der Waals surface area contributed by atoms with Crippen molar-refractivity contribution in [3.05, 3.63) is 23.8 Å².